The molecule has 2 fully saturated rings. The van der Waals surface area contributed by atoms with E-state index in [1.807, 2.05) is 6.92 Å². The summed E-state index contributed by atoms with van der Waals surface area (Å²) in [6.07, 6.45) is 7.14. The van der Waals surface area contributed by atoms with Crippen LogP contribution in [0.5, 0.6) is 0 Å². The van der Waals surface area contributed by atoms with Crippen molar-refractivity contribution in [2.45, 2.75) is 51.0 Å². The molecule has 0 spiro atoms. The van der Waals surface area contributed by atoms with Crippen molar-refractivity contribution in [1.82, 2.24) is 10.2 Å². The van der Waals surface area contributed by atoms with Crippen molar-refractivity contribution in [1.29, 1.82) is 0 Å². The minimum Gasteiger partial charge on any atom is -0.480 e. The highest BCUT2D eigenvalue weighted by atomic mass is 16.4. The maximum Gasteiger partial charge on any atom is 0.325 e. The Morgan fingerprint density at radius 3 is 2.33 bits per heavy atom. The molecule has 0 radical (unpaired) electrons. The first kappa shape index (κ1) is 13.8. The van der Waals surface area contributed by atoms with Gasteiger partial charge in [0.15, 0.2) is 0 Å². The largest absolute Gasteiger partial charge is 0.480 e. The first-order valence-electron chi connectivity index (χ1n) is 7.40. The summed E-state index contributed by atoms with van der Waals surface area (Å²) in [6, 6.07) is 0. The van der Waals surface area contributed by atoms with Gasteiger partial charge in [0.05, 0.1) is 0 Å². The maximum atomic E-state index is 11.8. The van der Waals surface area contributed by atoms with Crippen molar-refractivity contribution in [2.75, 3.05) is 26.2 Å². The number of hydrogen-bond donors (Lipinski definition) is 2. The summed E-state index contributed by atoms with van der Waals surface area (Å²) in [5.41, 5.74) is -0.695. The van der Waals surface area contributed by atoms with Gasteiger partial charge in [-0.1, -0.05) is 19.8 Å². The molecule has 1 aliphatic carbocycles. The van der Waals surface area contributed by atoms with Crippen molar-refractivity contribution in [3.63, 3.8) is 0 Å². The molecular weight excluding hydrogens is 228 g/mol. The molecule has 2 rings (SSSR count). The third kappa shape index (κ3) is 3.04. The van der Waals surface area contributed by atoms with Crippen molar-refractivity contribution >= 4 is 5.97 Å². The number of nitrogens with one attached hydrogen (secondary N) is 1. The van der Waals surface area contributed by atoms with Crippen LogP contribution in [-0.4, -0.2) is 47.7 Å². The normalized spacial score (nSPS) is 25.4. The molecule has 18 heavy (non-hydrogen) atoms. The standard InChI is InChI=1S/C14H26N2O2/c1-2-15-14(13(17)18,12-7-8-12)11-16-9-5-3-4-6-10-16/h12,15H,2-11H2,1H3,(H,17,18). The number of carboxylic acids is 1. The number of carboxylic acid groups (broad SMARTS) is 1. The minimum atomic E-state index is -0.695. The van der Waals surface area contributed by atoms with E-state index in [0.717, 1.165) is 32.5 Å². The molecule has 104 valence electrons. The Labute approximate surface area is 110 Å². The van der Waals surface area contributed by atoms with Crippen molar-refractivity contribution < 1.29 is 9.90 Å². The molecule has 0 bridgehead atoms. The van der Waals surface area contributed by atoms with E-state index < -0.39 is 11.5 Å². The fraction of sp³-hybridized carbons (Fsp3) is 0.929. The molecule has 0 amide bonds. The third-order valence-corrected chi connectivity index (χ3v) is 4.32. The maximum absolute atomic E-state index is 11.8. The van der Waals surface area contributed by atoms with Crippen LogP contribution in [0.4, 0.5) is 0 Å². The van der Waals surface area contributed by atoms with Gasteiger partial charge in [-0.2, -0.15) is 0 Å². The van der Waals surface area contributed by atoms with E-state index in [2.05, 4.69) is 10.2 Å². The zero-order valence-corrected chi connectivity index (χ0v) is 11.5. The number of carbonyl (C=O) groups is 1. The second-order valence-corrected chi connectivity index (χ2v) is 5.77. The minimum absolute atomic E-state index is 0.332. The highest BCUT2D eigenvalue weighted by molar-refractivity contribution is 5.80. The molecule has 2 N–H and O–H groups in total. The Kier molecular flexibility index (Phi) is 4.62. The summed E-state index contributed by atoms with van der Waals surface area (Å²) < 4.78 is 0. The zero-order chi connectivity index (χ0) is 13.0. The van der Waals surface area contributed by atoms with Crippen LogP contribution < -0.4 is 5.32 Å². The van der Waals surface area contributed by atoms with Crippen LogP contribution in [0.1, 0.15) is 45.4 Å². The zero-order valence-electron chi connectivity index (χ0n) is 11.5. The molecule has 4 heteroatoms. The van der Waals surface area contributed by atoms with Gasteiger partial charge in [0.1, 0.15) is 5.54 Å². The number of aliphatic carboxylic acids is 1. The van der Waals surface area contributed by atoms with E-state index in [0.29, 0.717) is 12.5 Å². The highest BCUT2D eigenvalue weighted by Crippen LogP contribution is 2.40. The van der Waals surface area contributed by atoms with E-state index >= 15 is 0 Å². The average Bonchev–Trinajstić information content (AvgIpc) is 3.16. The summed E-state index contributed by atoms with van der Waals surface area (Å²) in [5.74, 6) is -0.325. The summed E-state index contributed by atoms with van der Waals surface area (Å²) in [6.45, 7) is 5.54. The van der Waals surface area contributed by atoms with Crippen LogP contribution in [0.15, 0.2) is 0 Å². The lowest BCUT2D eigenvalue weighted by atomic mass is 9.92. The fourth-order valence-corrected chi connectivity index (χ4v) is 3.19. The molecule has 1 saturated heterocycles. The second kappa shape index (κ2) is 6.02. The van der Waals surface area contributed by atoms with Gasteiger partial charge in [-0.05, 0) is 51.2 Å². The molecule has 1 saturated carbocycles. The Morgan fingerprint density at radius 1 is 1.28 bits per heavy atom. The monoisotopic (exact) mass is 254 g/mol. The summed E-state index contributed by atoms with van der Waals surface area (Å²) in [4.78, 5) is 14.1. The van der Waals surface area contributed by atoms with Crippen molar-refractivity contribution in [3.05, 3.63) is 0 Å². The predicted molar refractivity (Wildman–Crippen MR) is 71.7 cm³/mol. The molecule has 0 aromatic carbocycles. The molecule has 1 aliphatic heterocycles. The van der Waals surface area contributed by atoms with E-state index in [-0.39, 0.29) is 0 Å². The number of rotatable bonds is 6. The van der Waals surface area contributed by atoms with Gasteiger partial charge >= 0.3 is 5.97 Å². The predicted octanol–water partition coefficient (Wildman–Crippen LogP) is 1.71. The van der Waals surface area contributed by atoms with Gasteiger partial charge in [0.25, 0.3) is 0 Å². The van der Waals surface area contributed by atoms with E-state index in [4.69, 9.17) is 0 Å². The molecular formula is C14H26N2O2. The number of likely N-dealkylation sites (N-methyl/N-ethyl adjacent to an activating group) is 1. The number of nitrogens with zero attached hydrogens (tertiary/aromatic N) is 1. The molecule has 1 heterocycles. The lowest BCUT2D eigenvalue weighted by Gasteiger charge is -2.35. The second-order valence-electron chi connectivity index (χ2n) is 5.77. The summed E-state index contributed by atoms with van der Waals surface area (Å²) in [7, 11) is 0. The first-order chi connectivity index (χ1) is 8.69. The molecule has 2 aliphatic rings. The number of hydrogen-bond acceptors (Lipinski definition) is 3. The molecule has 4 nitrogen and oxygen atoms in total. The topological polar surface area (TPSA) is 52.6 Å². The fourth-order valence-electron chi connectivity index (χ4n) is 3.19. The average molecular weight is 254 g/mol. The van der Waals surface area contributed by atoms with Gasteiger partial charge in [-0.25, -0.2) is 0 Å². The Bertz CT molecular complexity index is 284. The van der Waals surface area contributed by atoms with E-state index in [1.54, 1.807) is 0 Å². The van der Waals surface area contributed by atoms with Crippen molar-refractivity contribution in [2.24, 2.45) is 5.92 Å². The highest BCUT2D eigenvalue weighted by Gasteiger charge is 2.51. The lowest BCUT2D eigenvalue weighted by molar-refractivity contribution is -0.147. The van der Waals surface area contributed by atoms with Crippen LogP contribution in [0, 0.1) is 5.92 Å². The Morgan fingerprint density at radius 2 is 1.89 bits per heavy atom. The molecule has 1 unspecified atom stereocenters. The van der Waals surface area contributed by atoms with Gasteiger partial charge in [-0.3, -0.25) is 4.79 Å². The third-order valence-electron chi connectivity index (χ3n) is 4.32. The van der Waals surface area contributed by atoms with Crippen LogP contribution in [0.25, 0.3) is 0 Å². The van der Waals surface area contributed by atoms with E-state index in [1.165, 1.54) is 25.7 Å². The van der Waals surface area contributed by atoms with Crippen LogP contribution in [0.2, 0.25) is 0 Å². The Balaban J connectivity index is 2.05. The first-order valence-corrected chi connectivity index (χ1v) is 7.40. The van der Waals surface area contributed by atoms with Crippen LogP contribution in [-0.2, 0) is 4.79 Å². The van der Waals surface area contributed by atoms with Gasteiger partial charge in [-0.15, -0.1) is 0 Å². The van der Waals surface area contributed by atoms with Crippen molar-refractivity contribution in [3.8, 4) is 0 Å². The summed E-state index contributed by atoms with van der Waals surface area (Å²) in [5, 5.41) is 13.0. The van der Waals surface area contributed by atoms with Crippen LogP contribution >= 0.6 is 0 Å². The van der Waals surface area contributed by atoms with E-state index in [9.17, 15) is 9.90 Å². The summed E-state index contributed by atoms with van der Waals surface area (Å²) >= 11 is 0. The smallest absolute Gasteiger partial charge is 0.325 e. The molecule has 1 atom stereocenters. The molecule has 0 aromatic heterocycles. The lowest BCUT2D eigenvalue weighted by Crippen LogP contribution is -2.60. The quantitative estimate of drug-likeness (QED) is 0.757. The van der Waals surface area contributed by atoms with Crippen LogP contribution in [0.3, 0.4) is 0 Å². The molecule has 0 aromatic rings. The van der Waals surface area contributed by atoms with Gasteiger partial charge < -0.3 is 15.3 Å². The number of likely N-dealkylation sites (tertiary alicyclic amines) is 1. The van der Waals surface area contributed by atoms with Gasteiger partial charge in [0, 0.05) is 6.54 Å². The Hall–Kier alpha value is -0.610. The van der Waals surface area contributed by atoms with Gasteiger partial charge in [0.2, 0.25) is 0 Å². The SMILES string of the molecule is CCNC(CN1CCCCCC1)(C(=O)O)C1CC1.